The van der Waals surface area contributed by atoms with Crippen molar-refractivity contribution in [2.75, 3.05) is 13.1 Å². The van der Waals surface area contributed by atoms with Gasteiger partial charge in [0.05, 0.1) is 0 Å². The normalized spacial score (nSPS) is 22.3. The van der Waals surface area contributed by atoms with E-state index in [1.165, 1.54) is 30.5 Å². The van der Waals surface area contributed by atoms with Gasteiger partial charge in [0.25, 0.3) is 0 Å². The number of piperidine rings is 1. The molecule has 1 fully saturated rings. The van der Waals surface area contributed by atoms with Gasteiger partial charge >= 0.3 is 0 Å². The van der Waals surface area contributed by atoms with Crippen molar-refractivity contribution >= 4 is 0 Å². The zero-order valence-electron chi connectivity index (χ0n) is 9.14. The van der Waals surface area contributed by atoms with Crippen LogP contribution in [0.2, 0.25) is 0 Å². The predicted molar refractivity (Wildman–Crippen MR) is 60.8 cm³/mol. The summed E-state index contributed by atoms with van der Waals surface area (Å²) in [5.74, 6) is 0.739. The highest BCUT2D eigenvalue weighted by atomic mass is 14.9. The summed E-state index contributed by atoms with van der Waals surface area (Å²) in [5, 5.41) is 3.48. The van der Waals surface area contributed by atoms with Crippen molar-refractivity contribution in [1.82, 2.24) is 5.32 Å². The summed E-state index contributed by atoms with van der Waals surface area (Å²) >= 11 is 0. The molecule has 1 aromatic carbocycles. The maximum atomic E-state index is 3.48. The molecule has 1 aliphatic rings. The minimum atomic E-state index is 0.739. The second-order valence-corrected chi connectivity index (χ2v) is 4.33. The summed E-state index contributed by atoms with van der Waals surface area (Å²) in [6.07, 6.45) is 2.66. The van der Waals surface area contributed by atoms with Crippen molar-refractivity contribution in [3.8, 4) is 0 Å². The van der Waals surface area contributed by atoms with Gasteiger partial charge in [0, 0.05) is 6.54 Å². The lowest BCUT2D eigenvalue weighted by Crippen LogP contribution is -2.28. The van der Waals surface area contributed by atoms with Crippen LogP contribution in [-0.2, 0) is 0 Å². The van der Waals surface area contributed by atoms with Gasteiger partial charge in [-0.2, -0.15) is 0 Å². The lowest BCUT2D eigenvalue weighted by molar-refractivity contribution is 0.460. The number of hydrogen-bond acceptors (Lipinski definition) is 1. The van der Waals surface area contributed by atoms with Crippen LogP contribution in [0, 0.1) is 13.8 Å². The second kappa shape index (κ2) is 4.14. The average molecular weight is 189 g/mol. The summed E-state index contributed by atoms with van der Waals surface area (Å²) in [5.41, 5.74) is 4.46. The molecule has 0 aromatic heterocycles. The van der Waals surface area contributed by atoms with Gasteiger partial charge in [0.15, 0.2) is 0 Å². The monoisotopic (exact) mass is 189 g/mol. The fourth-order valence-electron chi connectivity index (χ4n) is 2.33. The van der Waals surface area contributed by atoms with E-state index in [0.29, 0.717) is 0 Å². The highest BCUT2D eigenvalue weighted by Gasteiger charge is 2.16. The number of aryl methyl sites for hydroxylation is 1. The van der Waals surface area contributed by atoms with Crippen LogP contribution in [0.1, 0.15) is 35.4 Å². The van der Waals surface area contributed by atoms with Crippen molar-refractivity contribution in [3.05, 3.63) is 34.9 Å². The van der Waals surface area contributed by atoms with E-state index in [1.54, 1.807) is 5.56 Å². The third kappa shape index (κ3) is 1.83. The van der Waals surface area contributed by atoms with E-state index in [1.807, 2.05) is 0 Å². The quantitative estimate of drug-likeness (QED) is 0.716. The Morgan fingerprint density at radius 3 is 2.86 bits per heavy atom. The first-order chi connectivity index (χ1) is 6.79. The summed E-state index contributed by atoms with van der Waals surface area (Å²) in [6, 6.07) is 6.68. The molecule has 14 heavy (non-hydrogen) atoms. The third-order valence-corrected chi connectivity index (χ3v) is 3.38. The van der Waals surface area contributed by atoms with Crippen LogP contribution < -0.4 is 5.32 Å². The van der Waals surface area contributed by atoms with Crippen LogP contribution in [0.5, 0.6) is 0 Å². The standard InChI is InChI=1S/C13H19N/c1-10-5-3-7-13(11(10)2)12-6-4-8-14-9-12/h3,5,7,12,14H,4,6,8-9H2,1-2H3/t12-/m0/s1. The molecule has 0 amide bonds. The molecule has 0 spiro atoms. The molecule has 0 unspecified atom stereocenters. The van der Waals surface area contributed by atoms with Gasteiger partial charge in [-0.1, -0.05) is 18.2 Å². The molecule has 0 bridgehead atoms. The molecular formula is C13H19N. The van der Waals surface area contributed by atoms with E-state index in [0.717, 1.165) is 12.5 Å². The predicted octanol–water partition coefficient (Wildman–Crippen LogP) is 2.77. The van der Waals surface area contributed by atoms with E-state index in [2.05, 4.69) is 37.4 Å². The molecule has 0 radical (unpaired) electrons. The first-order valence-corrected chi connectivity index (χ1v) is 5.56. The molecule has 1 aromatic rings. The van der Waals surface area contributed by atoms with Gasteiger partial charge in [0.1, 0.15) is 0 Å². The van der Waals surface area contributed by atoms with Crippen molar-refractivity contribution in [1.29, 1.82) is 0 Å². The zero-order chi connectivity index (χ0) is 9.97. The average Bonchev–Trinajstić information content (AvgIpc) is 2.23. The van der Waals surface area contributed by atoms with Crippen LogP contribution in [0.15, 0.2) is 18.2 Å². The SMILES string of the molecule is Cc1cccc([C@H]2CCCNC2)c1C. The molecular weight excluding hydrogens is 170 g/mol. The zero-order valence-corrected chi connectivity index (χ0v) is 9.14. The van der Waals surface area contributed by atoms with Gasteiger partial charge in [0.2, 0.25) is 0 Å². The highest BCUT2D eigenvalue weighted by molar-refractivity contribution is 5.36. The van der Waals surface area contributed by atoms with E-state index in [-0.39, 0.29) is 0 Å². The molecule has 1 aliphatic heterocycles. The molecule has 1 heterocycles. The van der Waals surface area contributed by atoms with Crippen LogP contribution in [0.3, 0.4) is 0 Å². The molecule has 1 heteroatoms. The Kier molecular flexibility index (Phi) is 2.87. The van der Waals surface area contributed by atoms with E-state index in [4.69, 9.17) is 0 Å². The summed E-state index contributed by atoms with van der Waals surface area (Å²) in [4.78, 5) is 0. The maximum absolute atomic E-state index is 3.48. The molecule has 1 saturated heterocycles. The topological polar surface area (TPSA) is 12.0 Å². The van der Waals surface area contributed by atoms with E-state index in [9.17, 15) is 0 Å². The molecule has 1 nitrogen and oxygen atoms in total. The van der Waals surface area contributed by atoms with Crippen LogP contribution in [0.4, 0.5) is 0 Å². The van der Waals surface area contributed by atoms with Crippen molar-refractivity contribution < 1.29 is 0 Å². The van der Waals surface area contributed by atoms with Gasteiger partial charge in [-0.25, -0.2) is 0 Å². The summed E-state index contributed by atoms with van der Waals surface area (Å²) < 4.78 is 0. The smallest absolute Gasteiger partial charge is 0.00202 e. The Morgan fingerprint density at radius 1 is 1.29 bits per heavy atom. The molecule has 1 atom stereocenters. The molecule has 1 N–H and O–H groups in total. The molecule has 0 aliphatic carbocycles. The van der Waals surface area contributed by atoms with Crippen molar-refractivity contribution in [2.45, 2.75) is 32.6 Å². The Morgan fingerprint density at radius 2 is 2.14 bits per heavy atom. The van der Waals surface area contributed by atoms with Crippen LogP contribution in [0.25, 0.3) is 0 Å². The summed E-state index contributed by atoms with van der Waals surface area (Å²) in [6.45, 7) is 6.81. The minimum absolute atomic E-state index is 0.739. The van der Waals surface area contributed by atoms with Crippen LogP contribution >= 0.6 is 0 Å². The molecule has 76 valence electrons. The Balaban J connectivity index is 2.26. The van der Waals surface area contributed by atoms with Gasteiger partial charge in [-0.05, 0) is 55.8 Å². The van der Waals surface area contributed by atoms with Gasteiger partial charge < -0.3 is 5.32 Å². The molecule has 2 rings (SSSR count). The van der Waals surface area contributed by atoms with E-state index >= 15 is 0 Å². The number of nitrogens with one attached hydrogen (secondary N) is 1. The lowest BCUT2D eigenvalue weighted by atomic mass is 9.87. The summed E-state index contributed by atoms with van der Waals surface area (Å²) in [7, 11) is 0. The van der Waals surface area contributed by atoms with Gasteiger partial charge in [-0.15, -0.1) is 0 Å². The van der Waals surface area contributed by atoms with Crippen molar-refractivity contribution in [3.63, 3.8) is 0 Å². The van der Waals surface area contributed by atoms with Gasteiger partial charge in [-0.3, -0.25) is 0 Å². The number of rotatable bonds is 1. The van der Waals surface area contributed by atoms with Crippen LogP contribution in [-0.4, -0.2) is 13.1 Å². The Hall–Kier alpha value is -0.820. The molecule has 0 saturated carbocycles. The first-order valence-electron chi connectivity index (χ1n) is 5.56. The fraction of sp³-hybridized carbons (Fsp3) is 0.538. The number of hydrogen-bond donors (Lipinski definition) is 1. The second-order valence-electron chi connectivity index (χ2n) is 4.33. The third-order valence-electron chi connectivity index (χ3n) is 3.38. The lowest BCUT2D eigenvalue weighted by Gasteiger charge is -2.25. The van der Waals surface area contributed by atoms with E-state index < -0.39 is 0 Å². The first kappa shape index (κ1) is 9.72. The highest BCUT2D eigenvalue weighted by Crippen LogP contribution is 2.27. The largest absolute Gasteiger partial charge is 0.316 e. The minimum Gasteiger partial charge on any atom is -0.316 e. The number of benzene rings is 1. The van der Waals surface area contributed by atoms with Crippen molar-refractivity contribution in [2.24, 2.45) is 0 Å². The Bertz CT molecular complexity index is 311. The Labute approximate surface area is 86.5 Å². The fourth-order valence-corrected chi connectivity index (χ4v) is 2.33. The maximum Gasteiger partial charge on any atom is 0.00202 e.